The lowest BCUT2D eigenvalue weighted by Gasteiger charge is -2.44. The second kappa shape index (κ2) is 5.17. The molecule has 1 aromatic carbocycles. The Morgan fingerprint density at radius 2 is 2.00 bits per heavy atom. The van der Waals surface area contributed by atoms with E-state index in [1.54, 1.807) is 0 Å². The van der Waals surface area contributed by atoms with Crippen LogP contribution in [-0.2, 0) is 14.9 Å². The molecule has 3 rings (SSSR count). The van der Waals surface area contributed by atoms with Crippen LogP contribution in [0, 0.1) is 0 Å². The summed E-state index contributed by atoms with van der Waals surface area (Å²) in [6.07, 6.45) is 1.06. The number of rotatable bonds is 3. The fourth-order valence-corrected chi connectivity index (χ4v) is 2.90. The molecule has 1 aromatic rings. The molecule has 2 aliphatic heterocycles. The fourth-order valence-electron chi connectivity index (χ4n) is 2.78. The van der Waals surface area contributed by atoms with Crippen LogP contribution >= 0.6 is 11.6 Å². The van der Waals surface area contributed by atoms with Crippen molar-refractivity contribution in [2.24, 2.45) is 0 Å². The number of nitrogens with one attached hydrogen (secondary N) is 1. The summed E-state index contributed by atoms with van der Waals surface area (Å²) in [6, 6.07) is 8.59. The molecule has 0 spiro atoms. The van der Waals surface area contributed by atoms with Crippen LogP contribution in [0.5, 0.6) is 0 Å². The molecule has 0 saturated carbocycles. The van der Waals surface area contributed by atoms with Crippen molar-refractivity contribution >= 4 is 11.6 Å². The van der Waals surface area contributed by atoms with Crippen LogP contribution in [0.15, 0.2) is 24.3 Å². The van der Waals surface area contributed by atoms with Gasteiger partial charge in [0.1, 0.15) is 0 Å². The Hall–Kier alpha value is -0.610. The van der Waals surface area contributed by atoms with Gasteiger partial charge in [-0.3, -0.25) is 0 Å². The van der Waals surface area contributed by atoms with Crippen LogP contribution in [0.1, 0.15) is 12.0 Å². The van der Waals surface area contributed by atoms with Crippen molar-refractivity contribution in [3.63, 3.8) is 0 Å². The largest absolute Gasteiger partial charge is 0.379 e. The minimum Gasteiger partial charge on any atom is -0.379 e. The van der Waals surface area contributed by atoms with Gasteiger partial charge in [-0.25, -0.2) is 0 Å². The Morgan fingerprint density at radius 1 is 1.22 bits per heavy atom. The second-order valence-corrected chi connectivity index (χ2v) is 5.65. The van der Waals surface area contributed by atoms with Crippen molar-refractivity contribution in [2.45, 2.75) is 17.9 Å². The zero-order valence-corrected chi connectivity index (χ0v) is 11.1. The lowest BCUT2D eigenvalue weighted by molar-refractivity contribution is -0.0753. The standard InChI is InChI=1S/C14H18ClNO2/c15-12-3-1-11(2-4-12)14(9-18-10-14)7-13-8-17-6-5-16-13/h1-4,13,16H,5-10H2. The highest BCUT2D eigenvalue weighted by Gasteiger charge is 2.42. The Morgan fingerprint density at radius 3 is 2.56 bits per heavy atom. The third-order valence-corrected chi connectivity index (χ3v) is 4.10. The van der Waals surface area contributed by atoms with E-state index < -0.39 is 0 Å². The van der Waals surface area contributed by atoms with Crippen LogP contribution < -0.4 is 5.32 Å². The van der Waals surface area contributed by atoms with Crippen molar-refractivity contribution in [1.29, 1.82) is 0 Å². The highest BCUT2D eigenvalue weighted by atomic mass is 35.5. The lowest BCUT2D eigenvalue weighted by Crippen LogP contribution is -2.53. The number of ether oxygens (including phenoxy) is 2. The van der Waals surface area contributed by atoms with Gasteiger partial charge in [0.15, 0.2) is 0 Å². The van der Waals surface area contributed by atoms with Gasteiger partial charge in [0.25, 0.3) is 0 Å². The average Bonchev–Trinajstić information content (AvgIpc) is 2.36. The maximum absolute atomic E-state index is 5.95. The number of hydrogen-bond acceptors (Lipinski definition) is 3. The predicted octanol–water partition coefficient (Wildman–Crippen LogP) is 1.99. The smallest absolute Gasteiger partial charge is 0.0620 e. The minimum atomic E-state index is 0.142. The molecule has 0 aliphatic carbocycles. The molecule has 2 saturated heterocycles. The van der Waals surface area contributed by atoms with E-state index in [0.717, 1.165) is 44.4 Å². The van der Waals surface area contributed by atoms with E-state index >= 15 is 0 Å². The SMILES string of the molecule is Clc1ccc(C2(CC3COCCN3)COC2)cc1. The number of benzene rings is 1. The summed E-state index contributed by atoms with van der Waals surface area (Å²) >= 11 is 5.95. The maximum Gasteiger partial charge on any atom is 0.0620 e. The topological polar surface area (TPSA) is 30.5 Å². The molecular formula is C14H18ClNO2. The van der Waals surface area contributed by atoms with E-state index in [1.807, 2.05) is 12.1 Å². The molecule has 1 N–H and O–H groups in total. The van der Waals surface area contributed by atoms with Crippen molar-refractivity contribution in [3.8, 4) is 0 Å². The molecule has 0 aromatic heterocycles. The van der Waals surface area contributed by atoms with E-state index in [2.05, 4.69) is 17.4 Å². The van der Waals surface area contributed by atoms with Gasteiger partial charge in [0.05, 0.1) is 26.4 Å². The van der Waals surface area contributed by atoms with Crippen LogP contribution in [0.3, 0.4) is 0 Å². The van der Waals surface area contributed by atoms with Gasteiger partial charge in [-0.05, 0) is 24.1 Å². The highest BCUT2D eigenvalue weighted by molar-refractivity contribution is 6.30. The molecule has 0 amide bonds. The molecule has 0 bridgehead atoms. The summed E-state index contributed by atoms with van der Waals surface area (Å²) in [7, 11) is 0. The van der Waals surface area contributed by atoms with Gasteiger partial charge in [-0.1, -0.05) is 23.7 Å². The molecule has 3 nitrogen and oxygen atoms in total. The molecule has 0 radical (unpaired) electrons. The van der Waals surface area contributed by atoms with E-state index in [4.69, 9.17) is 21.1 Å². The highest BCUT2D eigenvalue weighted by Crippen LogP contribution is 2.37. The number of morpholine rings is 1. The summed E-state index contributed by atoms with van der Waals surface area (Å²) in [6.45, 7) is 4.16. The first-order valence-electron chi connectivity index (χ1n) is 6.43. The summed E-state index contributed by atoms with van der Waals surface area (Å²) in [4.78, 5) is 0. The molecule has 98 valence electrons. The third-order valence-electron chi connectivity index (χ3n) is 3.85. The molecule has 18 heavy (non-hydrogen) atoms. The van der Waals surface area contributed by atoms with Gasteiger partial charge < -0.3 is 14.8 Å². The molecule has 2 fully saturated rings. The fraction of sp³-hybridized carbons (Fsp3) is 0.571. The molecule has 1 unspecified atom stereocenters. The lowest BCUT2D eigenvalue weighted by atomic mass is 9.74. The van der Waals surface area contributed by atoms with Gasteiger partial charge in [0, 0.05) is 23.0 Å². The zero-order valence-electron chi connectivity index (χ0n) is 10.3. The van der Waals surface area contributed by atoms with E-state index in [0.29, 0.717) is 6.04 Å². The molecule has 2 heterocycles. The van der Waals surface area contributed by atoms with Crippen LogP contribution in [0.2, 0.25) is 5.02 Å². The van der Waals surface area contributed by atoms with E-state index in [1.165, 1.54) is 5.56 Å². The summed E-state index contributed by atoms with van der Waals surface area (Å²) in [5.74, 6) is 0. The van der Waals surface area contributed by atoms with Crippen LogP contribution in [0.25, 0.3) is 0 Å². The monoisotopic (exact) mass is 267 g/mol. The first-order chi connectivity index (χ1) is 8.78. The van der Waals surface area contributed by atoms with E-state index in [9.17, 15) is 0 Å². The van der Waals surface area contributed by atoms with Crippen LogP contribution in [-0.4, -0.2) is 39.0 Å². The quantitative estimate of drug-likeness (QED) is 0.909. The van der Waals surface area contributed by atoms with Gasteiger partial charge in [-0.2, -0.15) is 0 Å². The third kappa shape index (κ3) is 2.41. The Kier molecular flexibility index (Phi) is 3.57. The summed E-state index contributed by atoms with van der Waals surface area (Å²) in [5.41, 5.74) is 1.47. The number of hydrogen-bond donors (Lipinski definition) is 1. The Labute approximate surface area is 112 Å². The van der Waals surface area contributed by atoms with Crippen molar-refractivity contribution in [2.75, 3.05) is 33.0 Å². The molecular weight excluding hydrogens is 250 g/mol. The minimum absolute atomic E-state index is 0.142. The van der Waals surface area contributed by atoms with Gasteiger partial charge >= 0.3 is 0 Å². The molecule has 4 heteroatoms. The molecule has 2 aliphatic rings. The maximum atomic E-state index is 5.95. The van der Waals surface area contributed by atoms with Crippen LogP contribution in [0.4, 0.5) is 0 Å². The summed E-state index contributed by atoms with van der Waals surface area (Å²) < 4.78 is 11.0. The van der Waals surface area contributed by atoms with Gasteiger partial charge in [-0.15, -0.1) is 0 Å². The zero-order chi connectivity index (χ0) is 12.4. The normalized spacial score (nSPS) is 26.6. The van der Waals surface area contributed by atoms with E-state index in [-0.39, 0.29) is 5.41 Å². The second-order valence-electron chi connectivity index (χ2n) is 5.21. The number of halogens is 1. The first-order valence-corrected chi connectivity index (χ1v) is 6.81. The van der Waals surface area contributed by atoms with Crippen molar-refractivity contribution < 1.29 is 9.47 Å². The van der Waals surface area contributed by atoms with Crippen molar-refractivity contribution in [1.82, 2.24) is 5.32 Å². The predicted molar refractivity (Wildman–Crippen MR) is 71.2 cm³/mol. The molecule has 1 atom stereocenters. The summed E-state index contributed by atoms with van der Waals surface area (Å²) in [5, 5.41) is 4.30. The Bertz CT molecular complexity index is 397. The van der Waals surface area contributed by atoms with Crippen molar-refractivity contribution in [3.05, 3.63) is 34.9 Å². The van der Waals surface area contributed by atoms with Gasteiger partial charge in [0.2, 0.25) is 0 Å². The first kappa shape index (κ1) is 12.4. The Balaban J connectivity index is 1.74. The average molecular weight is 268 g/mol.